The molecule has 0 spiro atoms. The molecule has 0 N–H and O–H groups in total. The quantitative estimate of drug-likeness (QED) is 0.721. The second-order valence-corrected chi connectivity index (χ2v) is 5.30. The minimum absolute atomic E-state index is 0.0126. The van der Waals surface area contributed by atoms with Gasteiger partial charge in [-0.25, -0.2) is 4.79 Å². The highest BCUT2D eigenvalue weighted by Crippen LogP contribution is 2.30. The highest BCUT2D eigenvalue weighted by atomic mass is 16.5. The number of aromatic nitrogens is 1. The van der Waals surface area contributed by atoms with Crippen molar-refractivity contribution < 1.29 is 9.53 Å². The van der Waals surface area contributed by atoms with E-state index in [2.05, 4.69) is 31.8 Å². The van der Waals surface area contributed by atoms with Crippen LogP contribution in [0.5, 0.6) is 0 Å². The number of fused-ring (bicyclic) bond motifs is 1. The van der Waals surface area contributed by atoms with Crippen molar-refractivity contribution in [1.29, 1.82) is 0 Å². The topological polar surface area (TPSA) is 39.2 Å². The van der Waals surface area contributed by atoms with Gasteiger partial charge in [0.25, 0.3) is 0 Å². The van der Waals surface area contributed by atoms with Crippen LogP contribution in [-0.2, 0) is 10.2 Å². The van der Waals surface area contributed by atoms with Crippen LogP contribution in [0.15, 0.2) is 30.5 Å². The van der Waals surface area contributed by atoms with Crippen LogP contribution in [0.3, 0.4) is 0 Å². The lowest BCUT2D eigenvalue weighted by Gasteiger charge is -2.20. The Morgan fingerprint density at radius 1 is 1.22 bits per heavy atom. The fraction of sp³-hybridized carbons (Fsp3) is 0.333. The zero-order chi connectivity index (χ0) is 13.3. The molecule has 0 unspecified atom stereocenters. The number of hydrogen-bond donors (Lipinski definition) is 0. The maximum atomic E-state index is 11.7. The molecule has 2 rings (SSSR count). The zero-order valence-corrected chi connectivity index (χ0v) is 11.2. The third kappa shape index (κ3) is 2.08. The Bertz CT molecular complexity index is 597. The minimum atomic E-state index is -0.326. The standard InChI is InChI=1S/C15H17NO2/c1-15(2,3)12-7-5-6-10-11(14(17)18-4)8-9-16-13(10)12/h5-9H,1-4H3. The van der Waals surface area contributed by atoms with Crippen molar-refractivity contribution in [3.8, 4) is 0 Å². The second kappa shape index (κ2) is 4.41. The number of esters is 1. The lowest BCUT2D eigenvalue weighted by molar-refractivity contribution is 0.0603. The van der Waals surface area contributed by atoms with Gasteiger partial charge < -0.3 is 4.74 Å². The predicted molar refractivity (Wildman–Crippen MR) is 71.8 cm³/mol. The van der Waals surface area contributed by atoms with Crippen LogP contribution in [0.4, 0.5) is 0 Å². The van der Waals surface area contributed by atoms with Crippen molar-refractivity contribution in [1.82, 2.24) is 4.98 Å². The first-order valence-corrected chi connectivity index (χ1v) is 5.91. The molecule has 0 atom stereocenters. The molecule has 1 heterocycles. The summed E-state index contributed by atoms with van der Waals surface area (Å²) in [7, 11) is 1.39. The van der Waals surface area contributed by atoms with Crippen LogP contribution in [-0.4, -0.2) is 18.1 Å². The van der Waals surface area contributed by atoms with Crippen molar-refractivity contribution in [2.45, 2.75) is 26.2 Å². The first-order chi connectivity index (χ1) is 8.45. The third-order valence-corrected chi connectivity index (χ3v) is 2.98. The molecule has 1 aromatic heterocycles. The maximum Gasteiger partial charge on any atom is 0.338 e. The van der Waals surface area contributed by atoms with E-state index in [-0.39, 0.29) is 11.4 Å². The summed E-state index contributed by atoms with van der Waals surface area (Å²) in [4.78, 5) is 16.2. The van der Waals surface area contributed by atoms with Gasteiger partial charge in [-0.1, -0.05) is 39.0 Å². The van der Waals surface area contributed by atoms with Gasteiger partial charge in [0.05, 0.1) is 18.2 Å². The number of nitrogens with zero attached hydrogens (tertiary/aromatic N) is 1. The van der Waals surface area contributed by atoms with Crippen LogP contribution in [0.25, 0.3) is 10.9 Å². The highest BCUT2D eigenvalue weighted by Gasteiger charge is 2.19. The first kappa shape index (κ1) is 12.6. The molecule has 3 heteroatoms. The summed E-state index contributed by atoms with van der Waals surface area (Å²) in [6.45, 7) is 6.40. The molecule has 0 radical (unpaired) electrons. The first-order valence-electron chi connectivity index (χ1n) is 5.91. The summed E-state index contributed by atoms with van der Waals surface area (Å²) in [5, 5.41) is 0.844. The Kier molecular flexibility index (Phi) is 3.07. The van der Waals surface area contributed by atoms with E-state index in [0.717, 1.165) is 16.5 Å². The van der Waals surface area contributed by atoms with Gasteiger partial charge >= 0.3 is 5.97 Å². The SMILES string of the molecule is COC(=O)c1ccnc2c(C(C)(C)C)cccc12. The number of ether oxygens (including phenoxy) is 1. The molecule has 2 aromatic rings. The molecule has 94 valence electrons. The number of benzene rings is 1. The summed E-state index contributed by atoms with van der Waals surface area (Å²) in [5.74, 6) is -0.326. The molecule has 0 aliphatic carbocycles. The average Bonchev–Trinajstić information content (AvgIpc) is 2.35. The zero-order valence-electron chi connectivity index (χ0n) is 11.2. The monoisotopic (exact) mass is 243 g/mol. The van der Waals surface area contributed by atoms with E-state index < -0.39 is 0 Å². The lowest BCUT2D eigenvalue weighted by atomic mass is 9.85. The summed E-state index contributed by atoms with van der Waals surface area (Å²) in [6.07, 6.45) is 1.66. The number of carbonyl (C=O) groups is 1. The lowest BCUT2D eigenvalue weighted by Crippen LogP contribution is -2.13. The van der Waals surface area contributed by atoms with Crippen molar-refractivity contribution in [2.24, 2.45) is 0 Å². The number of methoxy groups -OCH3 is 1. The molecule has 1 aromatic carbocycles. The maximum absolute atomic E-state index is 11.7. The van der Waals surface area contributed by atoms with Crippen molar-refractivity contribution in [3.63, 3.8) is 0 Å². The fourth-order valence-electron chi connectivity index (χ4n) is 2.07. The molecular formula is C15H17NO2. The highest BCUT2D eigenvalue weighted by molar-refractivity contribution is 6.04. The number of pyridine rings is 1. The van der Waals surface area contributed by atoms with Crippen molar-refractivity contribution in [2.75, 3.05) is 7.11 Å². The Balaban J connectivity index is 2.78. The summed E-state index contributed by atoms with van der Waals surface area (Å²) < 4.78 is 4.80. The van der Waals surface area contributed by atoms with E-state index in [0.29, 0.717) is 5.56 Å². The molecule has 0 fully saturated rings. The largest absolute Gasteiger partial charge is 0.465 e. The van der Waals surface area contributed by atoms with Gasteiger partial charge in [-0.2, -0.15) is 0 Å². The molecular weight excluding hydrogens is 226 g/mol. The number of rotatable bonds is 1. The predicted octanol–water partition coefficient (Wildman–Crippen LogP) is 3.32. The number of carbonyl (C=O) groups excluding carboxylic acids is 1. The van der Waals surface area contributed by atoms with E-state index in [4.69, 9.17) is 4.74 Å². The van der Waals surface area contributed by atoms with Crippen LogP contribution in [0, 0.1) is 0 Å². The van der Waals surface area contributed by atoms with E-state index >= 15 is 0 Å². The van der Waals surface area contributed by atoms with E-state index in [1.165, 1.54) is 7.11 Å². The summed E-state index contributed by atoms with van der Waals surface area (Å²) in [5.41, 5.74) is 2.55. The Labute approximate surface area is 107 Å². The third-order valence-electron chi connectivity index (χ3n) is 2.98. The van der Waals surface area contributed by atoms with Gasteiger partial charge in [-0.3, -0.25) is 4.98 Å². The van der Waals surface area contributed by atoms with Crippen LogP contribution >= 0.6 is 0 Å². The second-order valence-electron chi connectivity index (χ2n) is 5.30. The van der Waals surface area contributed by atoms with Crippen LogP contribution in [0.2, 0.25) is 0 Å². The molecule has 0 saturated heterocycles. The van der Waals surface area contributed by atoms with Gasteiger partial charge in [0.1, 0.15) is 0 Å². The van der Waals surface area contributed by atoms with Gasteiger partial charge in [0, 0.05) is 11.6 Å². The van der Waals surface area contributed by atoms with Crippen LogP contribution < -0.4 is 0 Å². The molecule has 3 nitrogen and oxygen atoms in total. The normalized spacial score (nSPS) is 11.6. The van der Waals surface area contributed by atoms with Gasteiger partial charge in [-0.15, -0.1) is 0 Å². The molecule has 0 bridgehead atoms. The Hall–Kier alpha value is -1.90. The van der Waals surface area contributed by atoms with Gasteiger partial charge in [0.15, 0.2) is 0 Å². The Morgan fingerprint density at radius 2 is 1.94 bits per heavy atom. The van der Waals surface area contributed by atoms with Crippen molar-refractivity contribution >= 4 is 16.9 Å². The number of para-hydroxylation sites is 1. The average molecular weight is 243 g/mol. The van der Waals surface area contributed by atoms with E-state index in [9.17, 15) is 4.79 Å². The molecule has 0 aliphatic rings. The number of hydrogen-bond acceptors (Lipinski definition) is 3. The molecule has 18 heavy (non-hydrogen) atoms. The molecule has 0 amide bonds. The summed E-state index contributed by atoms with van der Waals surface area (Å²) in [6, 6.07) is 7.61. The van der Waals surface area contributed by atoms with E-state index in [1.807, 2.05) is 12.1 Å². The Morgan fingerprint density at radius 3 is 2.56 bits per heavy atom. The van der Waals surface area contributed by atoms with Gasteiger partial charge in [-0.05, 0) is 17.0 Å². The van der Waals surface area contributed by atoms with Gasteiger partial charge in [0.2, 0.25) is 0 Å². The van der Waals surface area contributed by atoms with Crippen molar-refractivity contribution in [3.05, 3.63) is 41.6 Å². The smallest absolute Gasteiger partial charge is 0.338 e. The van der Waals surface area contributed by atoms with E-state index in [1.54, 1.807) is 12.3 Å². The molecule has 0 aliphatic heterocycles. The summed E-state index contributed by atoms with van der Waals surface area (Å²) >= 11 is 0. The fourth-order valence-corrected chi connectivity index (χ4v) is 2.07. The van der Waals surface area contributed by atoms with Crippen LogP contribution in [0.1, 0.15) is 36.7 Å². The molecule has 0 saturated carbocycles. The minimum Gasteiger partial charge on any atom is -0.465 e.